The van der Waals surface area contributed by atoms with Crippen molar-refractivity contribution in [3.63, 3.8) is 0 Å². The van der Waals surface area contributed by atoms with Crippen molar-refractivity contribution in [2.24, 2.45) is 0 Å². The number of nitrogens with one attached hydrogen (secondary N) is 1. The van der Waals surface area contributed by atoms with Crippen molar-refractivity contribution in [2.45, 2.75) is 19.8 Å². The van der Waals surface area contributed by atoms with E-state index in [2.05, 4.69) is 5.32 Å². The van der Waals surface area contributed by atoms with E-state index in [0.29, 0.717) is 24.3 Å². The fraction of sp³-hybridized carbons (Fsp3) is 0.316. The minimum absolute atomic E-state index is 0.130. The molecule has 2 aromatic rings. The number of amides is 1. The molecule has 0 saturated carbocycles. The first-order valence-corrected chi connectivity index (χ1v) is 7.77. The summed E-state index contributed by atoms with van der Waals surface area (Å²) >= 11 is 0. The highest BCUT2D eigenvalue weighted by molar-refractivity contribution is 5.79. The smallest absolute Gasteiger partial charge is 0.224 e. The van der Waals surface area contributed by atoms with Gasteiger partial charge in [-0.05, 0) is 31.0 Å². The Kier molecular flexibility index (Phi) is 6.18. The van der Waals surface area contributed by atoms with Gasteiger partial charge in [0.05, 0.1) is 20.6 Å². The largest absolute Gasteiger partial charge is 0.496 e. The summed E-state index contributed by atoms with van der Waals surface area (Å²) < 4.78 is 24.2. The zero-order chi connectivity index (χ0) is 17.5. The molecule has 0 atom stereocenters. The number of carbonyl (C=O) groups excluding carboxylic acids is 1. The number of ether oxygens (including phenoxy) is 2. The van der Waals surface area contributed by atoms with Gasteiger partial charge in [-0.25, -0.2) is 4.39 Å². The monoisotopic (exact) mass is 331 g/mol. The van der Waals surface area contributed by atoms with Crippen molar-refractivity contribution in [1.29, 1.82) is 0 Å². The van der Waals surface area contributed by atoms with Gasteiger partial charge in [0.15, 0.2) is 0 Å². The Balaban J connectivity index is 1.95. The molecule has 24 heavy (non-hydrogen) atoms. The lowest BCUT2D eigenvalue weighted by Gasteiger charge is -2.14. The number of hydrogen-bond donors (Lipinski definition) is 1. The average Bonchev–Trinajstić information content (AvgIpc) is 2.57. The highest BCUT2D eigenvalue weighted by Crippen LogP contribution is 2.31. The molecule has 0 aliphatic rings. The van der Waals surface area contributed by atoms with Crippen LogP contribution in [0, 0.1) is 12.7 Å². The lowest BCUT2D eigenvalue weighted by molar-refractivity contribution is -0.120. The Morgan fingerprint density at radius 1 is 1.08 bits per heavy atom. The maximum atomic E-state index is 13.5. The van der Waals surface area contributed by atoms with Crippen molar-refractivity contribution in [2.75, 3.05) is 20.8 Å². The van der Waals surface area contributed by atoms with Crippen LogP contribution in [-0.2, 0) is 17.6 Å². The molecule has 5 heteroatoms. The van der Waals surface area contributed by atoms with Crippen LogP contribution in [0.3, 0.4) is 0 Å². The van der Waals surface area contributed by atoms with Crippen molar-refractivity contribution in [3.8, 4) is 11.5 Å². The number of rotatable bonds is 7. The molecular formula is C19H22FNO3. The van der Waals surface area contributed by atoms with Gasteiger partial charge in [-0.2, -0.15) is 0 Å². The van der Waals surface area contributed by atoms with Crippen molar-refractivity contribution >= 4 is 5.91 Å². The first kappa shape index (κ1) is 17.8. The van der Waals surface area contributed by atoms with E-state index in [1.165, 1.54) is 6.07 Å². The first-order valence-electron chi connectivity index (χ1n) is 7.77. The van der Waals surface area contributed by atoms with Gasteiger partial charge in [0.2, 0.25) is 5.91 Å². The van der Waals surface area contributed by atoms with E-state index < -0.39 is 0 Å². The summed E-state index contributed by atoms with van der Waals surface area (Å²) in [6.07, 6.45) is 0.655. The number of methoxy groups -OCH3 is 2. The lowest BCUT2D eigenvalue weighted by Crippen LogP contribution is -2.27. The second-order valence-electron chi connectivity index (χ2n) is 5.45. The van der Waals surface area contributed by atoms with Crippen LogP contribution in [0.15, 0.2) is 36.4 Å². The van der Waals surface area contributed by atoms with Crippen LogP contribution in [0.2, 0.25) is 0 Å². The molecule has 0 heterocycles. The molecule has 1 N–H and O–H groups in total. The minimum Gasteiger partial charge on any atom is -0.496 e. The Morgan fingerprint density at radius 2 is 1.83 bits per heavy atom. The average molecular weight is 331 g/mol. The van der Waals surface area contributed by atoms with E-state index >= 15 is 0 Å². The highest BCUT2D eigenvalue weighted by Gasteiger charge is 2.14. The topological polar surface area (TPSA) is 47.6 Å². The third-order valence-electron chi connectivity index (χ3n) is 3.89. The molecule has 2 aromatic carbocycles. The molecule has 0 aliphatic heterocycles. The Hall–Kier alpha value is -2.56. The van der Waals surface area contributed by atoms with Crippen LogP contribution >= 0.6 is 0 Å². The van der Waals surface area contributed by atoms with E-state index in [4.69, 9.17) is 9.47 Å². The summed E-state index contributed by atoms with van der Waals surface area (Å²) in [5.41, 5.74) is 2.24. The van der Waals surface area contributed by atoms with Crippen LogP contribution in [0.25, 0.3) is 0 Å². The molecular weight excluding hydrogens is 309 g/mol. The summed E-state index contributed by atoms with van der Waals surface area (Å²) in [7, 11) is 3.16. The second kappa shape index (κ2) is 8.34. The van der Waals surface area contributed by atoms with Crippen molar-refractivity contribution in [1.82, 2.24) is 5.32 Å². The normalized spacial score (nSPS) is 10.3. The molecule has 0 bridgehead atoms. The number of benzene rings is 2. The summed E-state index contributed by atoms with van der Waals surface area (Å²) in [4.78, 5) is 12.1. The van der Waals surface area contributed by atoms with Gasteiger partial charge in [-0.15, -0.1) is 0 Å². The van der Waals surface area contributed by atoms with Gasteiger partial charge in [0.1, 0.15) is 17.3 Å². The molecule has 0 unspecified atom stereocenters. The molecule has 0 spiro atoms. The van der Waals surface area contributed by atoms with E-state index in [1.54, 1.807) is 32.4 Å². The summed E-state index contributed by atoms with van der Waals surface area (Å²) in [5, 5.41) is 2.81. The zero-order valence-corrected chi connectivity index (χ0v) is 14.2. The zero-order valence-electron chi connectivity index (χ0n) is 14.2. The van der Waals surface area contributed by atoms with Gasteiger partial charge in [0.25, 0.3) is 0 Å². The Labute approximate surface area is 141 Å². The van der Waals surface area contributed by atoms with Gasteiger partial charge in [-0.3, -0.25) is 4.79 Å². The molecule has 128 valence electrons. The molecule has 0 fully saturated rings. The van der Waals surface area contributed by atoms with Gasteiger partial charge in [-0.1, -0.05) is 24.3 Å². The quantitative estimate of drug-likeness (QED) is 0.848. The molecule has 4 nitrogen and oxygen atoms in total. The van der Waals surface area contributed by atoms with Gasteiger partial charge < -0.3 is 14.8 Å². The van der Waals surface area contributed by atoms with Crippen LogP contribution in [0.1, 0.15) is 16.7 Å². The highest BCUT2D eigenvalue weighted by atomic mass is 19.1. The van der Waals surface area contributed by atoms with Crippen LogP contribution in [0.5, 0.6) is 11.5 Å². The molecule has 1 amide bonds. The van der Waals surface area contributed by atoms with Crippen molar-refractivity contribution in [3.05, 3.63) is 58.9 Å². The Bertz CT molecular complexity index is 716. The van der Waals surface area contributed by atoms with E-state index in [-0.39, 0.29) is 18.1 Å². The third-order valence-corrected chi connectivity index (χ3v) is 3.89. The number of carbonyl (C=O) groups is 1. The van der Waals surface area contributed by atoms with E-state index in [1.807, 2.05) is 19.1 Å². The fourth-order valence-electron chi connectivity index (χ4n) is 2.65. The maximum Gasteiger partial charge on any atom is 0.224 e. The summed E-state index contributed by atoms with van der Waals surface area (Å²) in [6, 6.07) is 10.2. The minimum atomic E-state index is -0.251. The number of hydrogen-bond acceptors (Lipinski definition) is 3. The molecule has 0 saturated heterocycles. The van der Waals surface area contributed by atoms with E-state index in [0.717, 1.165) is 16.9 Å². The summed E-state index contributed by atoms with van der Waals surface area (Å²) in [5.74, 6) is 0.988. The first-order chi connectivity index (χ1) is 11.6. The summed E-state index contributed by atoms with van der Waals surface area (Å²) in [6.45, 7) is 2.27. The molecule has 2 rings (SSSR count). The van der Waals surface area contributed by atoms with Crippen LogP contribution in [-0.4, -0.2) is 26.7 Å². The third kappa shape index (κ3) is 4.25. The lowest BCUT2D eigenvalue weighted by atomic mass is 10.1. The van der Waals surface area contributed by atoms with Gasteiger partial charge >= 0.3 is 0 Å². The van der Waals surface area contributed by atoms with Crippen molar-refractivity contribution < 1.29 is 18.7 Å². The van der Waals surface area contributed by atoms with E-state index in [9.17, 15) is 9.18 Å². The standard InChI is InChI=1S/C19H22FNO3/c1-13-17(23-2)9-8-15(19(13)24-3)12-18(22)21-11-10-14-6-4-5-7-16(14)20/h4-9H,10-12H2,1-3H3,(H,21,22). The maximum absolute atomic E-state index is 13.5. The van der Waals surface area contributed by atoms with Crippen LogP contribution in [0.4, 0.5) is 4.39 Å². The second-order valence-corrected chi connectivity index (χ2v) is 5.45. The Morgan fingerprint density at radius 3 is 2.50 bits per heavy atom. The van der Waals surface area contributed by atoms with Gasteiger partial charge in [0, 0.05) is 17.7 Å². The van der Waals surface area contributed by atoms with Crippen LogP contribution < -0.4 is 14.8 Å². The molecule has 0 aliphatic carbocycles. The molecule has 0 radical (unpaired) electrons. The number of halogens is 1. The predicted molar refractivity (Wildman–Crippen MR) is 91.1 cm³/mol. The molecule has 0 aromatic heterocycles. The predicted octanol–water partition coefficient (Wildman–Crippen LogP) is 3.05. The fourth-order valence-corrected chi connectivity index (χ4v) is 2.65. The SMILES string of the molecule is COc1ccc(CC(=O)NCCc2ccccc2F)c(OC)c1C.